The lowest BCUT2D eigenvalue weighted by atomic mass is 10.1. The summed E-state index contributed by atoms with van der Waals surface area (Å²) < 4.78 is 0. The number of carbonyl (C=O) groups excluding carboxylic acids is 1. The monoisotopic (exact) mass is 398 g/mol. The number of hydrogen-bond donors (Lipinski definition) is 5. The Bertz CT molecular complexity index is 866. The van der Waals surface area contributed by atoms with Gasteiger partial charge in [-0.2, -0.15) is 0 Å². The second-order valence-electron chi connectivity index (χ2n) is 7.52. The molecule has 0 spiro atoms. The van der Waals surface area contributed by atoms with E-state index in [0.717, 1.165) is 35.5 Å². The summed E-state index contributed by atoms with van der Waals surface area (Å²) >= 11 is 0. The molecular weight excluding hydrogens is 368 g/mol. The molecule has 2 aromatic rings. The maximum absolute atomic E-state index is 11.9. The van der Waals surface area contributed by atoms with Crippen molar-refractivity contribution in [3.63, 3.8) is 0 Å². The van der Waals surface area contributed by atoms with Crippen LogP contribution in [0.5, 0.6) is 0 Å². The van der Waals surface area contributed by atoms with Gasteiger partial charge in [-0.3, -0.25) is 4.79 Å². The Labute approximate surface area is 171 Å². The van der Waals surface area contributed by atoms with Crippen molar-refractivity contribution in [3.05, 3.63) is 46.9 Å². The van der Waals surface area contributed by atoms with E-state index < -0.39 is 6.23 Å². The molecule has 0 radical (unpaired) electrons. The molecule has 0 aliphatic heterocycles. The number of aliphatic hydroxyl groups excluding tert-OH is 1. The fraction of sp³-hybridized carbons (Fsp3) is 0.476. The standard InChI is InChI=1S/C21H30N6O2/c1-12-17(15-7-8-15)27-20(18(25-12)19(22)28)26-16-6-4-5-14(11-16)9-10-24-21(29)13(2)23-3/h4-6,11,13,15,19,23,28H,7-10,22H2,1-3H3,(H,24,29)(H,26,27)/t13-,19?/m0/s1. The number of anilines is 2. The number of aryl methyl sites for hydroxylation is 1. The molecule has 1 amide bonds. The van der Waals surface area contributed by atoms with Crippen molar-refractivity contribution in [1.82, 2.24) is 20.6 Å². The summed E-state index contributed by atoms with van der Waals surface area (Å²) in [4.78, 5) is 21.1. The molecule has 1 heterocycles. The van der Waals surface area contributed by atoms with Crippen LogP contribution in [-0.2, 0) is 11.2 Å². The highest BCUT2D eigenvalue weighted by Crippen LogP contribution is 2.41. The van der Waals surface area contributed by atoms with Gasteiger partial charge in [-0.15, -0.1) is 0 Å². The van der Waals surface area contributed by atoms with Gasteiger partial charge >= 0.3 is 0 Å². The lowest BCUT2D eigenvalue weighted by molar-refractivity contribution is -0.122. The average Bonchev–Trinajstić information content (AvgIpc) is 3.53. The van der Waals surface area contributed by atoms with Crippen molar-refractivity contribution < 1.29 is 9.90 Å². The molecule has 1 fully saturated rings. The number of nitrogens with zero attached hydrogens (tertiary/aromatic N) is 2. The molecule has 156 valence electrons. The van der Waals surface area contributed by atoms with E-state index in [4.69, 9.17) is 10.7 Å². The Morgan fingerprint density at radius 3 is 2.76 bits per heavy atom. The van der Waals surface area contributed by atoms with Crippen LogP contribution in [0.3, 0.4) is 0 Å². The molecule has 6 N–H and O–H groups in total. The number of aliphatic hydroxyl groups is 1. The summed E-state index contributed by atoms with van der Waals surface area (Å²) in [6.07, 6.45) is 1.74. The molecule has 1 aromatic carbocycles. The van der Waals surface area contributed by atoms with Gasteiger partial charge in [0.2, 0.25) is 5.91 Å². The Morgan fingerprint density at radius 2 is 2.10 bits per heavy atom. The zero-order valence-electron chi connectivity index (χ0n) is 17.2. The first-order valence-electron chi connectivity index (χ1n) is 10.0. The molecule has 1 saturated carbocycles. The van der Waals surface area contributed by atoms with Gasteiger partial charge in [0, 0.05) is 18.2 Å². The van der Waals surface area contributed by atoms with Gasteiger partial charge < -0.3 is 26.8 Å². The summed E-state index contributed by atoms with van der Waals surface area (Å²) in [5.41, 5.74) is 9.74. The second-order valence-corrected chi connectivity index (χ2v) is 7.52. The number of nitrogens with one attached hydrogen (secondary N) is 3. The molecule has 0 saturated heterocycles. The number of benzene rings is 1. The molecule has 8 heteroatoms. The zero-order valence-corrected chi connectivity index (χ0v) is 17.2. The quantitative estimate of drug-likeness (QED) is 0.406. The topological polar surface area (TPSA) is 125 Å². The maximum atomic E-state index is 11.9. The summed E-state index contributed by atoms with van der Waals surface area (Å²) in [7, 11) is 1.76. The Balaban J connectivity index is 1.71. The van der Waals surface area contributed by atoms with Crippen LogP contribution < -0.4 is 21.7 Å². The van der Waals surface area contributed by atoms with Gasteiger partial charge in [0.25, 0.3) is 0 Å². The number of hydrogen-bond acceptors (Lipinski definition) is 7. The minimum absolute atomic E-state index is 0.0223. The predicted molar refractivity (Wildman–Crippen MR) is 113 cm³/mol. The van der Waals surface area contributed by atoms with Crippen LogP contribution in [0.15, 0.2) is 24.3 Å². The van der Waals surface area contributed by atoms with Crippen LogP contribution >= 0.6 is 0 Å². The van der Waals surface area contributed by atoms with Gasteiger partial charge in [-0.25, -0.2) is 9.97 Å². The van der Waals surface area contributed by atoms with Crippen LogP contribution in [-0.4, -0.2) is 40.6 Å². The van der Waals surface area contributed by atoms with E-state index in [0.29, 0.717) is 30.4 Å². The largest absolute Gasteiger partial charge is 0.373 e. The number of rotatable bonds is 9. The van der Waals surface area contributed by atoms with Gasteiger partial charge in [0.1, 0.15) is 11.9 Å². The summed E-state index contributed by atoms with van der Waals surface area (Å²) in [5, 5.41) is 19.0. The minimum atomic E-state index is -1.20. The Hall–Kier alpha value is -2.55. The van der Waals surface area contributed by atoms with Gasteiger partial charge in [0.15, 0.2) is 5.82 Å². The molecule has 1 aromatic heterocycles. The van der Waals surface area contributed by atoms with Crippen molar-refractivity contribution >= 4 is 17.4 Å². The van der Waals surface area contributed by atoms with Crippen LogP contribution in [0.25, 0.3) is 0 Å². The fourth-order valence-corrected chi connectivity index (χ4v) is 3.15. The third-order valence-corrected chi connectivity index (χ3v) is 5.11. The number of amides is 1. The molecule has 0 bridgehead atoms. The van der Waals surface area contributed by atoms with Crippen LogP contribution in [0, 0.1) is 6.92 Å². The van der Waals surface area contributed by atoms with E-state index in [-0.39, 0.29) is 11.9 Å². The van der Waals surface area contributed by atoms with Crippen molar-refractivity contribution in [2.45, 2.75) is 51.3 Å². The van der Waals surface area contributed by atoms with Gasteiger partial charge in [0.05, 0.1) is 17.4 Å². The van der Waals surface area contributed by atoms with Crippen molar-refractivity contribution in [3.8, 4) is 0 Å². The molecule has 29 heavy (non-hydrogen) atoms. The number of likely N-dealkylation sites (N-methyl/N-ethyl adjacent to an activating group) is 1. The first-order valence-corrected chi connectivity index (χ1v) is 10.0. The van der Waals surface area contributed by atoms with E-state index in [1.807, 2.05) is 38.1 Å². The number of nitrogens with two attached hydrogens (primary N) is 1. The van der Waals surface area contributed by atoms with E-state index in [1.54, 1.807) is 7.05 Å². The van der Waals surface area contributed by atoms with Gasteiger partial charge in [-0.05, 0) is 57.9 Å². The lowest BCUT2D eigenvalue weighted by Crippen LogP contribution is -2.41. The van der Waals surface area contributed by atoms with Gasteiger partial charge in [-0.1, -0.05) is 12.1 Å². The molecule has 1 unspecified atom stereocenters. The van der Waals surface area contributed by atoms with Crippen LogP contribution in [0.4, 0.5) is 11.5 Å². The third-order valence-electron chi connectivity index (χ3n) is 5.11. The molecular formula is C21H30N6O2. The molecule has 8 nitrogen and oxygen atoms in total. The van der Waals surface area contributed by atoms with Crippen molar-refractivity contribution in [2.24, 2.45) is 5.73 Å². The molecule has 2 atom stereocenters. The summed E-state index contributed by atoms with van der Waals surface area (Å²) in [6.45, 7) is 4.28. The maximum Gasteiger partial charge on any atom is 0.236 e. The minimum Gasteiger partial charge on any atom is -0.373 e. The highest BCUT2D eigenvalue weighted by atomic mass is 16.3. The van der Waals surface area contributed by atoms with E-state index in [1.165, 1.54) is 0 Å². The molecule has 1 aliphatic rings. The smallest absolute Gasteiger partial charge is 0.236 e. The predicted octanol–water partition coefficient (Wildman–Crippen LogP) is 1.62. The van der Waals surface area contributed by atoms with E-state index in [2.05, 4.69) is 20.9 Å². The summed E-state index contributed by atoms with van der Waals surface area (Å²) in [6, 6.07) is 7.66. The summed E-state index contributed by atoms with van der Waals surface area (Å²) in [5.74, 6) is 0.911. The second kappa shape index (κ2) is 9.30. The first-order chi connectivity index (χ1) is 13.9. The third kappa shape index (κ3) is 5.50. The molecule has 1 aliphatic carbocycles. The van der Waals surface area contributed by atoms with Crippen molar-refractivity contribution in [1.29, 1.82) is 0 Å². The number of carbonyl (C=O) groups is 1. The van der Waals surface area contributed by atoms with Crippen LogP contribution in [0.1, 0.15) is 54.6 Å². The first kappa shape index (κ1) is 21.2. The Kier molecular flexibility index (Phi) is 6.79. The van der Waals surface area contributed by atoms with Crippen molar-refractivity contribution in [2.75, 3.05) is 18.9 Å². The van der Waals surface area contributed by atoms with E-state index >= 15 is 0 Å². The highest BCUT2D eigenvalue weighted by Gasteiger charge is 2.29. The lowest BCUT2D eigenvalue weighted by Gasteiger charge is -2.16. The fourth-order valence-electron chi connectivity index (χ4n) is 3.15. The van der Waals surface area contributed by atoms with E-state index in [9.17, 15) is 9.90 Å². The number of aromatic nitrogens is 2. The normalized spacial score (nSPS) is 15.6. The Morgan fingerprint density at radius 1 is 1.34 bits per heavy atom. The SMILES string of the molecule is CN[C@@H](C)C(=O)NCCc1cccc(Nc2nc(C3CC3)c(C)nc2C(N)O)c1. The zero-order chi connectivity index (χ0) is 21.0. The van der Waals surface area contributed by atoms with Crippen LogP contribution in [0.2, 0.25) is 0 Å². The average molecular weight is 399 g/mol. The highest BCUT2D eigenvalue weighted by molar-refractivity contribution is 5.81. The molecule has 3 rings (SSSR count).